The molecule has 0 spiro atoms. The molecule has 2 heteroatoms. The quantitative estimate of drug-likeness (QED) is 0.864. The molecule has 0 saturated heterocycles. The topological polar surface area (TPSA) is 21.3 Å². The van der Waals surface area contributed by atoms with Crippen molar-refractivity contribution in [1.29, 1.82) is 0 Å². The van der Waals surface area contributed by atoms with Crippen molar-refractivity contribution in [3.63, 3.8) is 0 Å². The summed E-state index contributed by atoms with van der Waals surface area (Å²) in [4.78, 5) is 0. The van der Waals surface area contributed by atoms with Crippen LogP contribution in [-0.2, 0) is 5.41 Å². The standard InChI is InChI=1S/C19H31NO/c1-14-12-16(19(2,3)4)10-11-18(14)21-13-17(20-5)15-8-6-7-9-15/h10-12,15,17,20H,6-9,13H2,1-5H3. The molecule has 1 aromatic rings. The first-order valence-corrected chi connectivity index (χ1v) is 8.33. The van der Waals surface area contributed by atoms with Crippen molar-refractivity contribution in [2.24, 2.45) is 5.92 Å². The van der Waals surface area contributed by atoms with E-state index in [2.05, 4.69) is 58.3 Å². The summed E-state index contributed by atoms with van der Waals surface area (Å²) < 4.78 is 6.11. The van der Waals surface area contributed by atoms with Gasteiger partial charge in [0.2, 0.25) is 0 Å². The van der Waals surface area contributed by atoms with Crippen LogP contribution in [0.1, 0.15) is 57.6 Å². The van der Waals surface area contributed by atoms with E-state index in [0.29, 0.717) is 6.04 Å². The minimum atomic E-state index is 0.195. The van der Waals surface area contributed by atoms with E-state index in [1.807, 2.05) is 0 Å². The second kappa shape index (κ2) is 6.83. The average molecular weight is 289 g/mol. The van der Waals surface area contributed by atoms with Crippen molar-refractivity contribution in [3.05, 3.63) is 29.3 Å². The number of ether oxygens (including phenoxy) is 1. The molecule has 118 valence electrons. The van der Waals surface area contributed by atoms with Crippen LogP contribution in [0.25, 0.3) is 0 Å². The van der Waals surface area contributed by atoms with E-state index in [9.17, 15) is 0 Å². The van der Waals surface area contributed by atoms with Gasteiger partial charge in [-0.25, -0.2) is 0 Å². The molecule has 1 atom stereocenters. The summed E-state index contributed by atoms with van der Waals surface area (Å²) in [6, 6.07) is 7.08. The normalized spacial score (nSPS) is 18.0. The third-order valence-corrected chi connectivity index (χ3v) is 4.80. The van der Waals surface area contributed by atoms with E-state index < -0.39 is 0 Å². The Balaban J connectivity index is 1.99. The fourth-order valence-corrected chi connectivity index (χ4v) is 3.27. The minimum Gasteiger partial charge on any atom is -0.492 e. The highest BCUT2D eigenvalue weighted by atomic mass is 16.5. The molecule has 0 heterocycles. The Bertz CT molecular complexity index is 455. The Labute approximate surface area is 130 Å². The summed E-state index contributed by atoms with van der Waals surface area (Å²) in [6.07, 6.45) is 5.44. The third-order valence-electron chi connectivity index (χ3n) is 4.80. The molecular weight excluding hydrogens is 258 g/mol. The van der Waals surface area contributed by atoms with Crippen LogP contribution in [0.15, 0.2) is 18.2 Å². The highest BCUT2D eigenvalue weighted by molar-refractivity contribution is 5.38. The molecule has 1 N–H and O–H groups in total. The summed E-state index contributed by atoms with van der Waals surface area (Å²) in [5.74, 6) is 1.81. The van der Waals surface area contributed by atoms with Gasteiger partial charge in [-0.3, -0.25) is 0 Å². The molecule has 1 unspecified atom stereocenters. The second-order valence-electron chi connectivity index (χ2n) is 7.48. The number of nitrogens with one attached hydrogen (secondary N) is 1. The fourth-order valence-electron chi connectivity index (χ4n) is 3.27. The van der Waals surface area contributed by atoms with Crippen molar-refractivity contribution in [2.75, 3.05) is 13.7 Å². The van der Waals surface area contributed by atoms with Crippen LogP contribution in [0.2, 0.25) is 0 Å². The van der Waals surface area contributed by atoms with Crippen LogP contribution >= 0.6 is 0 Å². The van der Waals surface area contributed by atoms with Crippen molar-refractivity contribution >= 4 is 0 Å². The predicted octanol–water partition coefficient (Wildman–Crippen LogP) is 4.45. The molecule has 0 aromatic heterocycles. The van der Waals surface area contributed by atoms with Crippen molar-refractivity contribution < 1.29 is 4.74 Å². The van der Waals surface area contributed by atoms with Gasteiger partial charge >= 0.3 is 0 Å². The predicted molar refractivity (Wildman–Crippen MR) is 90.2 cm³/mol. The number of aryl methyl sites for hydroxylation is 1. The maximum Gasteiger partial charge on any atom is 0.122 e. The molecule has 0 amide bonds. The van der Waals surface area contributed by atoms with Crippen LogP contribution in [0, 0.1) is 12.8 Å². The molecule has 21 heavy (non-hydrogen) atoms. The summed E-state index contributed by atoms with van der Waals surface area (Å²) >= 11 is 0. The third kappa shape index (κ3) is 4.23. The average Bonchev–Trinajstić information content (AvgIpc) is 2.94. The first kappa shape index (κ1) is 16.4. The lowest BCUT2D eigenvalue weighted by atomic mass is 9.86. The lowest BCUT2D eigenvalue weighted by Crippen LogP contribution is -2.37. The monoisotopic (exact) mass is 289 g/mol. The second-order valence-corrected chi connectivity index (χ2v) is 7.48. The van der Waals surface area contributed by atoms with Gasteiger partial charge in [0, 0.05) is 6.04 Å². The fraction of sp³-hybridized carbons (Fsp3) is 0.684. The van der Waals surface area contributed by atoms with E-state index in [1.54, 1.807) is 0 Å². The molecule has 0 bridgehead atoms. The van der Waals surface area contributed by atoms with Gasteiger partial charge in [0.1, 0.15) is 12.4 Å². The Morgan fingerprint density at radius 2 is 1.90 bits per heavy atom. The van der Waals surface area contributed by atoms with E-state index in [1.165, 1.54) is 36.8 Å². The summed E-state index contributed by atoms with van der Waals surface area (Å²) in [5, 5.41) is 3.44. The van der Waals surface area contributed by atoms with E-state index in [0.717, 1.165) is 18.3 Å². The van der Waals surface area contributed by atoms with Crippen LogP contribution in [0.5, 0.6) is 5.75 Å². The maximum absolute atomic E-state index is 6.11. The molecule has 0 aliphatic heterocycles. The first-order chi connectivity index (χ1) is 9.91. The molecule has 0 radical (unpaired) electrons. The van der Waals surface area contributed by atoms with Crippen molar-refractivity contribution in [3.8, 4) is 5.75 Å². The first-order valence-electron chi connectivity index (χ1n) is 8.33. The number of hydrogen-bond donors (Lipinski definition) is 1. The summed E-state index contributed by atoms with van der Waals surface area (Å²) in [5.41, 5.74) is 2.80. The molecule has 1 saturated carbocycles. The zero-order valence-corrected chi connectivity index (χ0v) is 14.3. The van der Waals surface area contributed by atoms with Gasteiger partial charge in [0.25, 0.3) is 0 Å². The van der Waals surface area contributed by atoms with Gasteiger partial charge < -0.3 is 10.1 Å². The Hall–Kier alpha value is -1.02. The molecular formula is C19H31NO. The van der Waals surface area contributed by atoms with E-state index in [4.69, 9.17) is 4.74 Å². The lowest BCUT2D eigenvalue weighted by molar-refractivity contribution is 0.224. The molecule has 2 nitrogen and oxygen atoms in total. The van der Waals surface area contributed by atoms with Gasteiger partial charge in [-0.05, 0) is 55.3 Å². The Morgan fingerprint density at radius 1 is 1.24 bits per heavy atom. The zero-order valence-electron chi connectivity index (χ0n) is 14.3. The number of benzene rings is 1. The van der Waals surface area contributed by atoms with Crippen LogP contribution < -0.4 is 10.1 Å². The van der Waals surface area contributed by atoms with E-state index >= 15 is 0 Å². The van der Waals surface area contributed by atoms with Gasteiger partial charge in [0.15, 0.2) is 0 Å². The largest absolute Gasteiger partial charge is 0.492 e. The van der Waals surface area contributed by atoms with E-state index in [-0.39, 0.29) is 5.41 Å². The SMILES string of the molecule is CNC(COc1ccc(C(C)(C)C)cc1C)C1CCCC1. The highest BCUT2D eigenvalue weighted by Crippen LogP contribution is 2.30. The number of rotatable bonds is 5. The molecule has 1 aliphatic carbocycles. The minimum absolute atomic E-state index is 0.195. The van der Waals surface area contributed by atoms with Gasteiger partial charge in [0.05, 0.1) is 0 Å². The Kier molecular flexibility index (Phi) is 5.32. The summed E-state index contributed by atoms with van der Waals surface area (Å²) in [6.45, 7) is 9.67. The lowest BCUT2D eigenvalue weighted by Gasteiger charge is -2.24. The van der Waals surface area contributed by atoms with Crippen LogP contribution in [0.4, 0.5) is 0 Å². The highest BCUT2D eigenvalue weighted by Gasteiger charge is 2.24. The number of hydrogen-bond acceptors (Lipinski definition) is 2. The van der Waals surface area contributed by atoms with Crippen LogP contribution in [0.3, 0.4) is 0 Å². The maximum atomic E-state index is 6.11. The van der Waals surface area contributed by atoms with Gasteiger partial charge in [-0.1, -0.05) is 45.7 Å². The Morgan fingerprint density at radius 3 is 2.43 bits per heavy atom. The smallest absolute Gasteiger partial charge is 0.122 e. The molecule has 1 aliphatic rings. The van der Waals surface area contributed by atoms with Crippen molar-refractivity contribution in [2.45, 2.75) is 64.8 Å². The summed E-state index contributed by atoms with van der Waals surface area (Å²) in [7, 11) is 2.06. The zero-order chi connectivity index (χ0) is 15.5. The molecule has 1 aromatic carbocycles. The number of likely N-dealkylation sites (N-methyl/N-ethyl adjacent to an activating group) is 1. The van der Waals surface area contributed by atoms with Gasteiger partial charge in [-0.2, -0.15) is 0 Å². The van der Waals surface area contributed by atoms with Gasteiger partial charge in [-0.15, -0.1) is 0 Å². The molecule has 1 fully saturated rings. The van der Waals surface area contributed by atoms with Crippen molar-refractivity contribution in [1.82, 2.24) is 5.32 Å². The van der Waals surface area contributed by atoms with Crippen LogP contribution in [-0.4, -0.2) is 19.7 Å². The molecule has 2 rings (SSSR count).